The minimum absolute atomic E-state index is 0.0945. The molecular formula is C14H13F2N3O3. The van der Waals surface area contributed by atoms with Gasteiger partial charge in [-0.15, -0.1) is 0 Å². The van der Waals surface area contributed by atoms with Crippen LogP contribution in [0.1, 0.15) is 27.8 Å². The summed E-state index contributed by atoms with van der Waals surface area (Å²) < 4.78 is 33.1. The van der Waals surface area contributed by atoms with E-state index in [1.807, 2.05) is 0 Å². The molecule has 116 valence electrons. The first kappa shape index (κ1) is 15.6. The minimum atomic E-state index is -1.02. The quantitative estimate of drug-likeness (QED) is 0.672. The highest BCUT2D eigenvalue weighted by Crippen LogP contribution is 2.14. The zero-order valence-electron chi connectivity index (χ0n) is 11.7. The third-order valence-corrected chi connectivity index (χ3v) is 2.99. The van der Waals surface area contributed by atoms with Crippen LogP contribution in [-0.2, 0) is 11.3 Å². The van der Waals surface area contributed by atoms with Gasteiger partial charge in [-0.25, -0.2) is 18.6 Å². The molecule has 0 aliphatic carbocycles. The Kier molecular flexibility index (Phi) is 4.50. The Labute approximate surface area is 124 Å². The number of benzene rings is 1. The van der Waals surface area contributed by atoms with Gasteiger partial charge in [-0.05, 0) is 19.1 Å². The van der Waals surface area contributed by atoms with E-state index in [0.717, 1.165) is 18.2 Å². The van der Waals surface area contributed by atoms with Crippen LogP contribution in [0.25, 0.3) is 0 Å². The molecule has 0 saturated carbocycles. The number of nitrogens with zero attached hydrogens (tertiary/aromatic N) is 2. The monoisotopic (exact) mass is 309 g/mol. The normalized spacial score (nSPS) is 10.5. The van der Waals surface area contributed by atoms with Gasteiger partial charge in [-0.3, -0.25) is 4.79 Å². The van der Waals surface area contributed by atoms with Crippen LogP contribution >= 0.6 is 0 Å². The van der Waals surface area contributed by atoms with Crippen molar-refractivity contribution in [2.24, 2.45) is 0 Å². The molecule has 0 saturated heterocycles. The second kappa shape index (κ2) is 6.33. The van der Waals surface area contributed by atoms with Crippen molar-refractivity contribution in [1.82, 2.24) is 9.55 Å². The van der Waals surface area contributed by atoms with Crippen LogP contribution in [0.4, 0.5) is 14.6 Å². The number of ether oxygens (including phenoxy) is 1. The van der Waals surface area contributed by atoms with Crippen molar-refractivity contribution in [2.75, 3.05) is 12.3 Å². The number of anilines is 1. The van der Waals surface area contributed by atoms with Crippen molar-refractivity contribution < 1.29 is 23.1 Å². The largest absolute Gasteiger partial charge is 0.452 e. The molecule has 0 atom stereocenters. The number of ketones is 1. The van der Waals surface area contributed by atoms with Gasteiger partial charge in [0.15, 0.2) is 12.3 Å². The summed E-state index contributed by atoms with van der Waals surface area (Å²) in [5.41, 5.74) is 4.78. The van der Waals surface area contributed by atoms with E-state index in [9.17, 15) is 18.4 Å². The third kappa shape index (κ3) is 2.95. The lowest BCUT2D eigenvalue weighted by atomic mass is 10.1. The first-order valence-corrected chi connectivity index (χ1v) is 6.40. The van der Waals surface area contributed by atoms with Crippen LogP contribution < -0.4 is 5.73 Å². The average molecular weight is 309 g/mol. The summed E-state index contributed by atoms with van der Waals surface area (Å²) >= 11 is 0. The van der Waals surface area contributed by atoms with E-state index in [0.29, 0.717) is 6.54 Å². The first-order valence-electron chi connectivity index (χ1n) is 6.40. The maximum atomic E-state index is 13.4. The Morgan fingerprint density at radius 3 is 2.50 bits per heavy atom. The van der Waals surface area contributed by atoms with E-state index in [2.05, 4.69) is 4.98 Å². The Bertz CT molecular complexity index is 708. The Morgan fingerprint density at radius 2 is 1.95 bits per heavy atom. The van der Waals surface area contributed by atoms with Gasteiger partial charge in [-0.1, -0.05) is 6.07 Å². The van der Waals surface area contributed by atoms with Gasteiger partial charge in [0.05, 0.1) is 11.9 Å². The highest BCUT2D eigenvalue weighted by atomic mass is 19.1. The predicted molar refractivity (Wildman–Crippen MR) is 73.3 cm³/mol. The second-order valence-corrected chi connectivity index (χ2v) is 4.36. The predicted octanol–water partition coefficient (Wildman–Crippen LogP) is 1.80. The van der Waals surface area contributed by atoms with Gasteiger partial charge in [0.2, 0.25) is 5.78 Å². The zero-order chi connectivity index (χ0) is 16.3. The van der Waals surface area contributed by atoms with E-state index in [1.165, 1.54) is 10.9 Å². The number of hydrogen-bond acceptors (Lipinski definition) is 5. The van der Waals surface area contributed by atoms with Crippen LogP contribution in [0.3, 0.4) is 0 Å². The fourth-order valence-electron chi connectivity index (χ4n) is 1.84. The molecule has 1 aromatic heterocycles. The summed E-state index contributed by atoms with van der Waals surface area (Å²) in [7, 11) is 0. The first-order chi connectivity index (χ1) is 10.5. The fourth-order valence-corrected chi connectivity index (χ4v) is 1.84. The summed E-state index contributed by atoms with van der Waals surface area (Å²) in [5.74, 6) is -3.86. The van der Waals surface area contributed by atoms with Gasteiger partial charge >= 0.3 is 5.97 Å². The van der Waals surface area contributed by atoms with Gasteiger partial charge < -0.3 is 15.0 Å². The SMILES string of the molecule is CCn1cnc(C(=O)OCC(=O)c2c(F)cccc2F)c1N. The molecule has 2 N–H and O–H groups in total. The minimum Gasteiger partial charge on any atom is -0.452 e. The second-order valence-electron chi connectivity index (χ2n) is 4.36. The molecule has 2 rings (SSSR count). The summed E-state index contributed by atoms with van der Waals surface area (Å²) in [6.45, 7) is 1.50. The molecule has 0 spiro atoms. The number of rotatable bonds is 5. The van der Waals surface area contributed by atoms with Crippen molar-refractivity contribution in [3.63, 3.8) is 0 Å². The maximum Gasteiger partial charge on any atom is 0.361 e. The lowest BCUT2D eigenvalue weighted by Gasteiger charge is -2.06. The fraction of sp³-hybridized carbons (Fsp3) is 0.214. The van der Waals surface area contributed by atoms with Crippen LogP contribution in [0.2, 0.25) is 0 Å². The van der Waals surface area contributed by atoms with Gasteiger partial charge in [0, 0.05) is 6.54 Å². The van der Waals surface area contributed by atoms with E-state index in [-0.39, 0.29) is 11.5 Å². The van der Waals surface area contributed by atoms with Crippen molar-refractivity contribution in [1.29, 1.82) is 0 Å². The molecule has 0 radical (unpaired) electrons. The van der Waals surface area contributed by atoms with Crippen molar-refractivity contribution in [3.05, 3.63) is 47.4 Å². The number of carbonyl (C=O) groups excluding carboxylic acids is 2. The van der Waals surface area contributed by atoms with E-state index in [1.54, 1.807) is 6.92 Å². The molecule has 22 heavy (non-hydrogen) atoms. The van der Waals surface area contributed by atoms with Crippen LogP contribution in [-0.4, -0.2) is 27.9 Å². The van der Waals surface area contributed by atoms with E-state index in [4.69, 9.17) is 10.5 Å². The molecule has 0 unspecified atom stereocenters. The summed E-state index contributed by atoms with van der Waals surface area (Å²) in [6, 6.07) is 3.02. The number of aromatic nitrogens is 2. The van der Waals surface area contributed by atoms with Crippen LogP contribution in [0, 0.1) is 11.6 Å². The standard InChI is InChI=1S/C14H13F2N3O3/c1-2-19-7-18-12(13(19)17)14(21)22-6-10(20)11-8(15)4-3-5-9(11)16/h3-5,7H,2,6,17H2,1H3. The molecule has 0 aliphatic rings. The highest BCUT2D eigenvalue weighted by Gasteiger charge is 2.21. The Morgan fingerprint density at radius 1 is 1.32 bits per heavy atom. The summed E-state index contributed by atoms with van der Waals surface area (Å²) in [5, 5.41) is 0. The summed E-state index contributed by atoms with van der Waals surface area (Å²) in [6.07, 6.45) is 1.35. The maximum absolute atomic E-state index is 13.4. The van der Waals surface area contributed by atoms with Crippen LogP contribution in [0.15, 0.2) is 24.5 Å². The molecule has 1 heterocycles. The van der Waals surface area contributed by atoms with Crippen molar-refractivity contribution in [2.45, 2.75) is 13.5 Å². The number of aryl methyl sites for hydroxylation is 1. The molecule has 8 heteroatoms. The number of nitrogens with two attached hydrogens (primary N) is 1. The number of carbonyl (C=O) groups is 2. The van der Waals surface area contributed by atoms with Crippen molar-refractivity contribution >= 4 is 17.6 Å². The molecule has 0 fully saturated rings. The topological polar surface area (TPSA) is 87.2 Å². The van der Waals surface area contributed by atoms with Gasteiger partial charge in [0.25, 0.3) is 0 Å². The number of halogens is 2. The van der Waals surface area contributed by atoms with E-state index < -0.39 is 35.6 Å². The molecule has 1 aromatic carbocycles. The van der Waals surface area contributed by atoms with Crippen LogP contribution in [0.5, 0.6) is 0 Å². The lowest BCUT2D eigenvalue weighted by molar-refractivity contribution is 0.0468. The zero-order valence-corrected chi connectivity index (χ0v) is 11.7. The number of nitrogen functional groups attached to an aromatic ring is 1. The lowest BCUT2D eigenvalue weighted by Crippen LogP contribution is -2.18. The van der Waals surface area contributed by atoms with E-state index >= 15 is 0 Å². The van der Waals surface area contributed by atoms with Crippen molar-refractivity contribution in [3.8, 4) is 0 Å². The average Bonchev–Trinajstić information content (AvgIpc) is 2.85. The Hall–Kier alpha value is -2.77. The van der Waals surface area contributed by atoms with Gasteiger partial charge in [-0.2, -0.15) is 0 Å². The number of hydrogen-bond donors (Lipinski definition) is 1. The molecule has 2 aromatic rings. The molecule has 0 amide bonds. The number of esters is 1. The third-order valence-electron chi connectivity index (χ3n) is 2.99. The molecule has 6 nitrogen and oxygen atoms in total. The highest BCUT2D eigenvalue weighted by molar-refractivity contribution is 6.00. The number of imidazole rings is 1. The van der Waals surface area contributed by atoms with Gasteiger partial charge in [0.1, 0.15) is 17.5 Å². The smallest absolute Gasteiger partial charge is 0.361 e. The number of Topliss-reactive ketones (excluding diaryl/α,β-unsaturated/α-hetero) is 1. The Balaban J connectivity index is 2.08. The summed E-state index contributed by atoms with van der Waals surface area (Å²) in [4.78, 5) is 27.3. The molecule has 0 aliphatic heterocycles. The molecular weight excluding hydrogens is 296 g/mol. The molecule has 0 bridgehead atoms.